The monoisotopic (exact) mass is 829 g/mol. The van der Waals surface area contributed by atoms with Crippen molar-refractivity contribution in [2.45, 2.75) is 10.8 Å². The molecule has 0 saturated carbocycles. The van der Waals surface area contributed by atoms with Crippen molar-refractivity contribution in [1.29, 1.82) is 0 Å². The van der Waals surface area contributed by atoms with Gasteiger partial charge in [0.1, 0.15) is 23.0 Å². The first kappa shape index (κ1) is 36.1. The molecule has 0 amide bonds. The summed E-state index contributed by atoms with van der Waals surface area (Å²) in [5.74, 6) is 3.56. The summed E-state index contributed by atoms with van der Waals surface area (Å²) in [7, 11) is 0. The minimum Gasteiger partial charge on any atom is -0.457 e. The lowest BCUT2D eigenvalue weighted by Crippen LogP contribution is -2.32. The van der Waals surface area contributed by atoms with Gasteiger partial charge < -0.3 is 14.4 Å². The molecule has 2 heterocycles. The Morgan fingerprint density at radius 1 is 0.277 bits per heavy atom. The fourth-order valence-electron chi connectivity index (χ4n) is 12.0. The van der Waals surface area contributed by atoms with Crippen molar-refractivity contribution >= 4 is 17.1 Å². The van der Waals surface area contributed by atoms with E-state index in [1.807, 2.05) is 0 Å². The Morgan fingerprint density at radius 3 is 1.22 bits per heavy atom. The summed E-state index contributed by atoms with van der Waals surface area (Å²) >= 11 is 0. The van der Waals surface area contributed by atoms with Crippen molar-refractivity contribution < 1.29 is 9.47 Å². The Bertz CT molecular complexity index is 3500. The first-order chi connectivity index (χ1) is 32.3. The van der Waals surface area contributed by atoms with E-state index in [4.69, 9.17) is 9.47 Å². The Balaban J connectivity index is 1.01. The summed E-state index contributed by atoms with van der Waals surface area (Å²) in [6.45, 7) is 0. The lowest BCUT2D eigenvalue weighted by Gasteiger charge is -2.39. The van der Waals surface area contributed by atoms with Gasteiger partial charge in [-0.15, -0.1) is 0 Å². The maximum absolute atomic E-state index is 6.67. The molecule has 10 aromatic carbocycles. The van der Waals surface area contributed by atoms with Crippen molar-refractivity contribution in [3.63, 3.8) is 0 Å². The molecule has 4 aliphatic rings. The standard InChI is InChI=1S/C62H39NO2/c1-2-20-41(21-3-1)63(54-34-18-33-53-60(54)45-24-5-7-27-47(45)62(53)50-30-10-14-37-57(50)65-58-38-15-11-31-51(58)62)42-22-16-19-40(39-42)43-25-17-32-52-59(43)44-23-4-6-26-46(44)61(52)48-28-8-12-35-55(48)64-56-36-13-9-29-49(56)61/h1-39H. The number of para-hydroxylation sites is 5. The molecular weight excluding hydrogens is 791 g/mol. The molecule has 0 atom stereocenters. The zero-order chi connectivity index (χ0) is 42.7. The number of nitrogens with zero attached hydrogens (tertiary/aromatic N) is 1. The summed E-state index contributed by atoms with van der Waals surface area (Å²) in [5.41, 5.74) is 19.1. The number of rotatable bonds is 4. The largest absolute Gasteiger partial charge is 0.457 e. The Morgan fingerprint density at radius 2 is 0.662 bits per heavy atom. The van der Waals surface area contributed by atoms with E-state index in [-0.39, 0.29) is 0 Å². The van der Waals surface area contributed by atoms with Crippen LogP contribution in [0.15, 0.2) is 237 Å². The van der Waals surface area contributed by atoms with Gasteiger partial charge in [-0.05, 0) is 105 Å². The predicted octanol–water partition coefficient (Wildman–Crippen LogP) is 15.8. The summed E-state index contributed by atoms with van der Waals surface area (Å²) < 4.78 is 13.3. The van der Waals surface area contributed by atoms with Gasteiger partial charge in [0, 0.05) is 39.2 Å². The van der Waals surface area contributed by atoms with Crippen LogP contribution < -0.4 is 14.4 Å². The first-order valence-corrected chi connectivity index (χ1v) is 22.4. The number of benzene rings is 10. The third kappa shape index (κ3) is 4.74. The van der Waals surface area contributed by atoms with Crippen molar-refractivity contribution in [3.05, 3.63) is 281 Å². The number of hydrogen-bond acceptors (Lipinski definition) is 3. The van der Waals surface area contributed by atoms with Crippen LogP contribution in [0, 0.1) is 0 Å². The quantitative estimate of drug-likeness (QED) is 0.176. The van der Waals surface area contributed by atoms with E-state index < -0.39 is 10.8 Å². The van der Waals surface area contributed by atoms with Crippen molar-refractivity contribution in [3.8, 4) is 56.4 Å². The normalized spacial score (nSPS) is 14.3. The molecule has 0 bridgehead atoms. The van der Waals surface area contributed by atoms with Gasteiger partial charge in [0.05, 0.1) is 16.5 Å². The van der Waals surface area contributed by atoms with E-state index in [2.05, 4.69) is 241 Å². The zero-order valence-corrected chi connectivity index (χ0v) is 35.3. The summed E-state index contributed by atoms with van der Waals surface area (Å²) in [4.78, 5) is 2.46. The molecule has 2 aliphatic carbocycles. The number of ether oxygens (including phenoxy) is 2. The molecule has 0 radical (unpaired) electrons. The molecular formula is C62H39NO2. The average Bonchev–Trinajstić information content (AvgIpc) is 3.84. The third-order valence-electron chi connectivity index (χ3n) is 14.4. The molecule has 3 heteroatoms. The second-order valence-electron chi connectivity index (χ2n) is 17.4. The average molecular weight is 830 g/mol. The van der Waals surface area contributed by atoms with E-state index >= 15 is 0 Å². The van der Waals surface area contributed by atoms with Crippen molar-refractivity contribution in [2.75, 3.05) is 4.90 Å². The van der Waals surface area contributed by atoms with E-state index in [1.165, 1.54) is 50.1 Å². The zero-order valence-electron chi connectivity index (χ0n) is 35.3. The highest BCUT2D eigenvalue weighted by atomic mass is 16.5. The van der Waals surface area contributed by atoms with Crippen LogP contribution in [0.3, 0.4) is 0 Å². The van der Waals surface area contributed by atoms with E-state index in [0.29, 0.717) is 0 Å². The van der Waals surface area contributed by atoms with Gasteiger partial charge in [-0.2, -0.15) is 0 Å². The first-order valence-electron chi connectivity index (χ1n) is 22.4. The third-order valence-corrected chi connectivity index (χ3v) is 14.4. The van der Waals surface area contributed by atoms with Crippen LogP contribution in [0.1, 0.15) is 44.5 Å². The van der Waals surface area contributed by atoms with E-state index in [0.717, 1.165) is 67.9 Å². The van der Waals surface area contributed by atoms with Gasteiger partial charge >= 0.3 is 0 Å². The summed E-state index contributed by atoms with van der Waals surface area (Å²) in [6, 6.07) is 86.0. The molecule has 0 saturated heterocycles. The summed E-state index contributed by atoms with van der Waals surface area (Å²) in [5, 5.41) is 0. The topological polar surface area (TPSA) is 21.7 Å². The van der Waals surface area contributed by atoms with Crippen LogP contribution in [0.4, 0.5) is 17.1 Å². The highest BCUT2D eigenvalue weighted by molar-refractivity contribution is 6.00. The van der Waals surface area contributed by atoms with E-state index in [1.54, 1.807) is 0 Å². The molecule has 0 fully saturated rings. The smallest absolute Gasteiger partial charge is 0.132 e. The number of hydrogen-bond donors (Lipinski definition) is 0. The molecule has 0 aromatic heterocycles. The fourth-order valence-corrected chi connectivity index (χ4v) is 12.0. The Kier molecular flexibility index (Phi) is 7.53. The number of anilines is 3. The van der Waals surface area contributed by atoms with Crippen LogP contribution >= 0.6 is 0 Å². The van der Waals surface area contributed by atoms with Crippen LogP contribution in [0.5, 0.6) is 23.0 Å². The molecule has 2 aliphatic heterocycles. The molecule has 14 rings (SSSR count). The highest BCUT2D eigenvalue weighted by Gasteiger charge is 2.53. The molecule has 3 nitrogen and oxygen atoms in total. The van der Waals surface area contributed by atoms with Gasteiger partial charge in [0.25, 0.3) is 0 Å². The molecule has 10 aromatic rings. The van der Waals surface area contributed by atoms with Crippen LogP contribution in [0.25, 0.3) is 33.4 Å². The van der Waals surface area contributed by atoms with Gasteiger partial charge in [-0.1, -0.05) is 182 Å². The molecule has 304 valence electrons. The lowest BCUT2D eigenvalue weighted by molar-refractivity contribution is 0.436. The van der Waals surface area contributed by atoms with Gasteiger partial charge in [0.2, 0.25) is 0 Å². The predicted molar refractivity (Wildman–Crippen MR) is 261 cm³/mol. The second kappa shape index (κ2) is 13.6. The summed E-state index contributed by atoms with van der Waals surface area (Å²) in [6.07, 6.45) is 0. The van der Waals surface area contributed by atoms with Gasteiger partial charge in [-0.25, -0.2) is 0 Å². The minimum atomic E-state index is -0.576. The van der Waals surface area contributed by atoms with Crippen molar-refractivity contribution in [1.82, 2.24) is 0 Å². The lowest BCUT2D eigenvalue weighted by atomic mass is 9.66. The molecule has 2 spiro atoms. The Labute approximate surface area is 378 Å². The second-order valence-corrected chi connectivity index (χ2v) is 17.4. The fraction of sp³-hybridized carbons (Fsp3) is 0.0323. The van der Waals surface area contributed by atoms with E-state index in [9.17, 15) is 0 Å². The SMILES string of the molecule is c1ccc(N(c2cccc(-c3cccc4c3-c3ccccc3C43c4ccccc4Oc4ccccc43)c2)c2cccc3c2-c2ccccc2C32c3ccccc3Oc3ccccc32)cc1. The van der Waals surface area contributed by atoms with Gasteiger partial charge in [0.15, 0.2) is 0 Å². The molecule has 0 unspecified atom stereocenters. The maximum Gasteiger partial charge on any atom is 0.132 e. The van der Waals surface area contributed by atoms with Crippen LogP contribution in [-0.2, 0) is 10.8 Å². The molecule has 0 N–H and O–H groups in total. The van der Waals surface area contributed by atoms with Gasteiger partial charge in [-0.3, -0.25) is 0 Å². The highest BCUT2D eigenvalue weighted by Crippen LogP contribution is 2.65. The number of fused-ring (bicyclic) bond motifs is 18. The Hall–Kier alpha value is -8.40. The maximum atomic E-state index is 6.67. The van der Waals surface area contributed by atoms with Crippen molar-refractivity contribution in [2.24, 2.45) is 0 Å². The van der Waals surface area contributed by atoms with Crippen LogP contribution in [-0.4, -0.2) is 0 Å². The minimum absolute atomic E-state index is 0.545. The molecule has 65 heavy (non-hydrogen) atoms. The van der Waals surface area contributed by atoms with Crippen LogP contribution in [0.2, 0.25) is 0 Å².